The summed E-state index contributed by atoms with van der Waals surface area (Å²) in [5.74, 6) is 0. The van der Waals surface area contributed by atoms with E-state index in [-0.39, 0.29) is 0 Å². The van der Waals surface area contributed by atoms with Gasteiger partial charge in [0.25, 0.3) is 0 Å². The monoisotopic (exact) mass is 244 g/mol. The van der Waals surface area contributed by atoms with E-state index in [9.17, 15) is 13.2 Å². The van der Waals surface area contributed by atoms with Crippen LogP contribution in [0.1, 0.15) is 24.0 Å². The summed E-state index contributed by atoms with van der Waals surface area (Å²) in [6.45, 7) is 1.49. The SMILES string of the molecule is NC1(c2cccc(C(F)(F)F)c2)CCNCC1. The van der Waals surface area contributed by atoms with Gasteiger partial charge in [0, 0.05) is 5.54 Å². The minimum absolute atomic E-state index is 0.578. The van der Waals surface area contributed by atoms with Crippen molar-refractivity contribution in [3.63, 3.8) is 0 Å². The lowest BCUT2D eigenvalue weighted by atomic mass is 9.82. The molecule has 3 N–H and O–H groups in total. The molecule has 1 heterocycles. The van der Waals surface area contributed by atoms with Gasteiger partial charge in [-0.1, -0.05) is 12.1 Å². The quantitative estimate of drug-likeness (QED) is 0.795. The van der Waals surface area contributed by atoms with Crippen LogP contribution in [-0.2, 0) is 11.7 Å². The molecule has 0 bridgehead atoms. The Bertz CT molecular complexity index is 395. The van der Waals surface area contributed by atoms with E-state index in [0.717, 1.165) is 19.2 Å². The minimum Gasteiger partial charge on any atom is -0.321 e. The maximum atomic E-state index is 12.6. The van der Waals surface area contributed by atoms with Crippen LogP contribution in [0.5, 0.6) is 0 Å². The summed E-state index contributed by atoms with van der Waals surface area (Å²) in [5.41, 5.74) is 5.50. The molecule has 1 aromatic carbocycles. The maximum Gasteiger partial charge on any atom is 0.416 e. The Morgan fingerprint density at radius 3 is 2.41 bits per heavy atom. The third-order valence-corrected chi connectivity index (χ3v) is 3.26. The maximum absolute atomic E-state index is 12.6. The highest BCUT2D eigenvalue weighted by Gasteiger charge is 2.34. The number of alkyl halides is 3. The molecule has 0 unspecified atom stereocenters. The van der Waals surface area contributed by atoms with Gasteiger partial charge in [0.05, 0.1) is 5.56 Å². The van der Waals surface area contributed by atoms with E-state index in [4.69, 9.17) is 5.73 Å². The molecule has 1 aromatic rings. The topological polar surface area (TPSA) is 38.0 Å². The largest absolute Gasteiger partial charge is 0.416 e. The van der Waals surface area contributed by atoms with Crippen molar-refractivity contribution in [3.8, 4) is 0 Å². The minimum atomic E-state index is -4.31. The van der Waals surface area contributed by atoms with Crippen molar-refractivity contribution in [1.29, 1.82) is 0 Å². The first-order valence-electron chi connectivity index (χ1n) is 5.59. The van der Waals surface area contributed by atoms with E-state index in [1.807, 2.05) is 0 Å². The van der Waals surface area contributed by atoms with Crippen molar-refractivity contribution in [3.05, 3.63) is 35.4 Å². The molecule has 0 amide bonds. The van der Waals surface area contributed by atoms with Crippen LogP contribution in [0.2, 0.25) is 0 Å². The number of piperidine rings is 1. The van der Waals surface area contributed by atoms with Crippen LogP contribution in [0, 0.1) is 0 Å². The molecule has 17 heavy (non-hydrogen) atoms. The van der Waals surface area contributed by atoms with Gasteiger partial charge < -0.3 is 11.1 Å². The second-order valence-corrected chi connectivity index (χ2v) is 4.48. The number of halogens is 3. The summed E-state index contributed by atoms with van der Waals surface area (Å²) in [6.07, 6.45) is -2.98. The van der Waals surface area contributed by atoms with Crippen LogP contribution in [0.3, 0.4) is 0 Å². The molecule has 0 aromatic heterocycles. The Morgan fingerprint density at radius 2 is 1.82 bits per heavy atom. The fraction of sp³-hybridized carbons (Fsp3) is 0.500. The molecule has 94 valence electrons. The van der Waals surface area contributed by atoms with Crippen molar-refractivity contribution in [2.45, 2.75) is 24.6 Å². The molecule has 1 aliphatic rings. The molecular weight excluding hydrogens is 229 g/mol. The third kappa shape index (κ3) is 2.61. The molecule has 0 aliphatic carbocycles. The lowest BCUT2D eigenvalue weighted by Crippen LogP contribution is -2.46. The molecule has 1 fully saturated rings. The first-order valence-corrected chi connectivity index (χ1v) is 5.59. The Balaban J connectivity index is 2.32. The Morgan fingerprint density at radius 1 is 1.18 bits per heavy atom. The van der Waals surface area contributed by atoms with Crippen LogP contribution < -0.4 is 11.1 Å². The average molecular weight is 244 g/mol. The highest BCUT2D eigenvalue weighted by atomic mass is 19.4. The van der Waals surface area contributed by atoms with Gasteiger partial charge in [-0.3, -0.25) is 0 Å². The van der Waals surface area contributed by atoms with Crippen molar-refractivity contribution < 1.29 is 13.2 Å². The smallest absolute Gasteiger partial charge is 0.321 e. The average Bonchev–Trinajstić information content (AvgIpc) is 2.29. The number of benzene rings is 1. The van der Waals surface area contributed by atoms with Crippen LogP contribution in [0.15, 0.2) is 24.3 Å². The standard InChI is InChI=1S/C12H15F3N2/c13-12(14,15)10-3-1-2-9(8-10)11(16)4-6-17-7-5-11/h1-3,8,17H,4-7,16H2. The second kappa shape index (κ2) is 4.31. The van der Waals surface area contributed by atoms with Gasteiger partial charge in [-0.2, -0.15) is 13.2 Å². The predicted octanol–water partition coefficient (Wildman–Crippen LogP) is 2.24. The summed E-state index contributed by atoms with van der Waals surface area (Å²) >= 11 is 0. The summed E-state index contributed by atoms with van der Waals surface area (Å²) in [5, 5.41) is 3.15. The molecule has 2 rings (SSSR count). The van der Waals surface area contributed by atoms with Crippen molar-refractivity contribution in [1.82, 2.24) is 5.32 Å². The molecular formula is C12H15F3N2. The molecule has 1 aliphatic heterocycles. The number of nitrogens with one attached hydrogen (secondary N) is 1. The Labute approximate surface area is 98.0 Å². The van der Waals surface area contributed by atoms with Gasteiger partial charge in [-0.05, 0) is 43.6 Å². The highest BCUT2D eigenvalue weighted by molar-refractivity contribution is 5.31. The van der Waals surface area contributed by atoms with Gasteiger partial charge in [0.15, 0.2) is 0 Å². The summed E-state index contributed by atoms with van der Waals surface area (Å²) in [6, 6.07) is 5.36. The fourth-order valence-corrected chi connectivity index (χ4v) is 2.17. The van der Waals surface area contributed by atoms with Crippen molar-refractivity contribution in [2.75, 3.05) is 13.1 Å². The van der Waals surface area contributed by atoms with E-state index in [2.05, 4.69) is 5.32 Å². The van der Waals surface area contributed by atoms with E-state index >= 15 is 0 Å². The number of rotatable bonds is 1. The zero-order valence-corrected chi connectivity index (χ0v) is 9.35. The van der Waals surface area contributed by atoms with Gasteiger partial charge >= 0.3 is 6.18 Å². The van der Waals surface area contributed by atoms with Crippen LogP contribution in [-0.4, -0.2) is 13.1 Å². The van der Waals surface area contributed by atoms with E-state index in [1.165, 1.54) is 12.1 Å². The van der Waals surface area contributed by atoms with Crippen LogP contribution in [0.4, 0.5) is 13.2 Å². The lowest BCUT2D eigenvalue weighted by molar-refractivity contribution is -0.137. The summed E-state index contributed by atoms with van der Waals surface area (Å²) in [7, 11) is 0. The van der Waals surface area contributed by atoms with Gasteiger partial charge in [0.1, 0.15) is 0 Å². The van der Waals surface area contributed by atoms with Gasteiger partial charge in [0.2, 0.25) is 0 Å². The molecule has 1 saturated heterocycles. The van der Waals surface area contributed by atoms with Gasteiger partial charge in [-0.25, -0.2) is 0 Å². The summed E-state index contributed by atoms with van der Waals surface area (Å²) < 4.78 is 37.8. The predicted molar refractivity (Wildman–Crippen MR) is 59.4 cm³/mol. The highest BCUT2D eigenvalue weighted by Crippen LogP contribution is 2.34. The van der Waals surface area contributed by atoms with Crippen LogP contribution in [0.25, 0.3) is 0 Å². The fourth-order valence-electron chi connectivity index (χ4n) is 2.17. The number of hydrogen-bond acceptors (Lipinski definition) is 2. The molecule has 5 heteroatoms. The van der Waals surface area contributed by atoms with E-state index < -0.39 is 17.3 Å². The first-order chi connectivity index (χ1) is 7.92. The third-order valence-electron chi connectivity index (χ3n) is 3.26. The Kier molecular flexibility index (Phi) is 3.14. The zero-order chi connectivity index (χ0) is 12.5. The first kappa shape index (κ1) is 12.4. The number of hydrogen-bond donors (Lipinski definition) is 2. The molecule has 0 saturated carbocycles. The number of nitrogens with two attached hydrogens (primary N) is 1. The van der Waals surface area contributed by atoms with Crippen LogP contribution >= 0.6 is 0 Å². The lowest BCUT2D eigenvalue weighted by Gasteiger charge is -2.34. The molecule has 0 spiro atoms. The van der Waals surface area contributed by atoms with E-state index in [1.54, 1.807) is 6.07 Å². The summed E-state index contributed by atoms with van der Waals surface area (Å²) in [4.78, 5) is 0. The van der Waals surface area contributed by atoms with Crippen molar-refractivity contribution >= 4 is 0 Å². The van der Waals surface area contributed by atoms with Crippen molar-refractivity contribution in [2.24, 2.45) is 5.73 Å². The molecule has 0 radical (unpaired) electrons. The molecule has 0 atom stereocenters. The van der Waals surface area contributed by atoms with Gasteiger partial charge in [-0.15, -0.1) is 0 Å². The van der Waals surface area contributed by atoms with E-state index in [0.29, 0.717) is 18.4 Å². The Hall–Kier alpha value is -1.07. The zero-order valence-electron chi connectivity index (χ0n) is 9.35. The normalized spacial score (nSPS) is 20.2. The second-order valence-electron chi connectivity index (χ2n) is 4.48. The molecule has 2 nitrogen and oxygen atoms in total.